The van der Waals surface area contributed by atoms with Crippen LogP contribution in [0.3, 0.4) is 0 Å². The lowest BCUT2D eigenvalue weighted by Gasteiger charge is -2.44. The van der Waals surface area contributed by atoms with Crippen LogP contribution in [0.4, 0.5) is 0 Å². The zero-order valence-corrected chi connectivity index (χ0v) is 22.6. The van der Waals surface area contributed by atoms with Gasteiger partial charge in [-0.2, -0.15) is 0 Å². The Morgan fingerprint density at radius 2 is 1.31 bits per heavy atom. The molecule has 1 nitrogen and oxygen atoms in total. The average molecular weight is 478 g/mol. The molecule has 0 N–H and O–H groups in total. The summed E-state index contributed by atoms with van der Waals surface area (Å²) in [4.78, 5) is 6.39. The van der Waals surface area contributed by atoms with E-state index in [4.69, 9.17) is 4.98 Å². The number of fused-ring (bicyclic) bond motifs is 5. The number of hydrogen-bond acceptors (Lipinski definition) is 2. The molecule has 0 saturated heterocycles. The fourth-order valence-electron chi connectivity index (χ4n) is 7.20. The van der Waals surface area contributed by atoms with Gasteiger partial charge < -0.3 is 0 Å². The van der Waals surface area contributed by atoms with Crippen LogP contribution < -0.4 is 0 Å². The second-order valence-corrected chi connectivity index (χ2v) is 13.6. The van der Waals surface area contributed by atoms with Crippen molar-refractivity contribution in [2.45, 2.75) is 66.7 Å². The number of rotatable bonds is 2. The molecule has 3 aromatic carbocycles. The van der Waals surface area contributed by atoms with E-state index in [9.17, 15) is 0 Å². The zero-order valence-electron chi connectivity index (χ0n) is 21.8. The summed E-state index contributed by atoms with van der Waals surface area (Å²) in [6, 6.07) is 20.7. The Hall–Kier alpha value is -2.71. The first kappa shape index (κ1) is 22.7. The SMILES string of the molecule is Cc1cc(C)cc(-c2nccc3c2ccc2c4cc(C5CC(C)(C)CC(C)(C)C5)sc4ccc32)c1. The van der Waals surface area contributed by atoms with E-state index in [2.05, 4.69) is 96.1 Å². The highest BCUT2D eigenvalue weighted by molar-refractivity contribution is 7.19. The number of aromatic nitrogens is 1. The molecule has 0 spiro atoms. The normalized spacial score (nSPS) is 18.0. The topological polar surface area (TPSA) is 12.9 Å². The quantitative estimate of drug-likeness (QED) is 0.230. The van der Waals surface area contributed by atoms with E-state index in [0.29, 0.717) is 16.7 Å². The van der Waals surface area contributed by atoms with Gasteiger partial charge in [-0.3, -0.25) is 4.98 Å². The molecule has 2 heterocycles. The van der Waals surface area contributed by atoms with E-state index in [1.807, 2.05) is 17.5 Å². The standard InChI is InChI=1S/C33H35NS/c1-20-13-21(2)15-22(14-20)31-27-8-7-25-24(26(27)11-12-34-31)9-10-29-28(25)16-30(35-29)23-17-32(3,4)19-33(5,6)18-23/h7-16,23H,17-19H2,1-6H3. The predicted octanol–water partition coefficient (Wildman–Crippen LogP) is 10.2. The molecule has 2 heteroatoms. The number of pyridine rings is 1. The first-order chi connectivity index (χ1) is 16.6. The van der Waals surface area contributed by atoms with E-state index < -0.39 is 0 Å². The molecule has 0 unspecified atom stereocenters. The summed E-state index contributed by atoms with van der Waals surface area (Å²) < 4.78 is 1.41. The lowest BCUT2D eigenvalue weighted by molar-refractivity contribution is 0.0980. The highest BCUT2D eigenvalue weighted by Crippen LogP contribution is 2.53. The molecule has 178 valence electrons. The largest absolute Gasteiger partial charge is 0.256 e. The molecule has 2 aromatic heterocycles. The van der Waals surface area contributed by atoms with Crippen molar-refractivity contribution in [1.82, 2.24) is 4.98 Å². The lowest BCUT2D eigenvalue weighted by atomic mass is 9.61. The van der Waals surface area contributed by atoms with Gasteiger partial charge in [0.25, 0.3) is 0 Å². The third kappa shape index (κ3) is 4.06. The van der Waals surface area contributed by atoms with E-state index >= 15 is 0 Å². The lowest BCUT2D eigenvalue weighted by Crippen LogP contribution is -2.32. The van der Waals surface area contributed by atoms with Gasteiger partial charge in [-0.1, -0.05) is 63.1 Å². The number of thiophene rings is 1. The van der Waals surface area contributed by atoms with Crippen molar-refractivity contribution in [2.24, 2.45) is 10.8 Å². The van der Waals surface area contributed by atoms with Gasteiger partial charge in [0.2, 0.25) is 0 Å². The number of hydrogen-bond donors (Lipinski definition) is 0. The summed E-state index contributed by atoms with van der Waals surface area (Å²) in [6.07, 6.45) is 5.86. The Labute approximate surface area is 213 Å². The first-order valence-corrected chi connectivity index (χ1v) is 13.7. The molecule has 6 rings (SSSR count). The summed E-state index contributed by atoms with van der Waals surface area (Å²) in [7, 11) is 0. The van der Waals surface area contributed by atoms with Crippen molar-refractivity contribution in [3.8, 4) is 11.3 Å². The molecule has 0 aliphatic heterocycles. The van der Waals surface area contributed by atoms with E-state index in [0.717, 1.165) is 5.69 Å². The fraction of sp³-hybridized carbons (Fsp3) is 0.364. The molecule has 0 radical (unpaired) electrons. The molecule has 1 aliphatic rings. The van der Waals surface area contributed by atoms with Crippen molar-refractivity contribution in [2.75, 3.05) is 0 Å². The van der Waals surface area contributed by atoms with E-state index in [-0.39, 0.29) is 0 Å². The van der Waals surface area contributed by atoms with Crippen LogP contribution in [-0.4, -0.2) is 4.98 Å². The van der Waals surface area contributed by atoms with Gasteiger partial charge in [0.1, 0.15) is 0 Å². The molecule has 1 saturated carbocycles. The van der Waals surface area contributed by atoms with Gasteiger partial charge in [0.05, 0.1) is 5.69 Å². The number of nitrogens with zero attached hydrogens (tertiary/aromatic N) is 1. The molecule has 5 aromatic rings. The van der Waals surface area contributed by atoms with Crippen molar-refractivity contribution in [3.05, 3.63) is 76.8 Å². The second-order valence-electron chi connectivity index (χ2n) is 12.5. The summed E-state index contributed by atoms with van der Waals surface area (Å²) in [6.45, 7) is 14.1. The minimum atomic E-state index is 0.401. The van der Waals surface area contributed by atoms with Crippen LogP contribution in [-0.2, 0) is 0 Å². The average Bonchev–Trinajstić information content (AvgIpc) is 3.20. The van der Waals surface area contributed by atoms with Gasteiger partial charge in [0.15, 0.2) is 0 Å². The minimum absolute atomic E-state index is 0.401. The van der Waals surface area contributed by atoms with Crippen molar-refractivity contribution < 1.29 is 0 Å². The maximum absolute atomic E-state index is 4.82. The van der Waals surface area contributed by atoms with Crippen LogP contribution in [0.1, 0.15) is 68.9 Å². The van der Waals surface area contributed by atoms with Gasteiger partial charge in [-0.15, -0.1) is 11.3 Å². The van der Waals surface area contributed by atoms with Crippen LogP contribution >= 0.6 is 11.3 Å². The van der Waals surface area contributed by atoms with Gasteiger partial charge in [-0.05, 0) is 96.3 Å². The monoisotopic (exact) mass is 477 g/mol. The molecule has 1 aliphatic carbocycles. The molecular formula is C33H35NS. The van der Waals surface area contributed by atoms with E-state index in [1.54, 1.807) is 4.88 Å². The summed E-state index contributed by atoms with van der Waals surface area (Å²) >= 11 is 2.02. The fourth-order valence-corrected chi connectivity index (χ4v) is 8.38. The maximum Gasteiger partial charge on any atom is 0.0780 e. The van der Waals surface area contributed by atoms with Crippen LogP contribution in [0.2, 0.25) is 0 Å². The first-order valence-electron chi connectivity index (χ1n) is 12.9. The Morgan fingerprint density at radius 3 is 2.03 bits per heavy atom. The molecule has 0 bridgehead atoms. The van der Waals surface area contributed by atoms with Crippen LogP contribution in [0.5, 0.6) is 0 Å². The maximum atomic E-state index is 4.82. The zero-order chi connectivity index (χ0) is 24.5. The molecule has 0 atom stereocenters. The van der Waals surface area contributed by atoms with Gasteiger partial charge >= 0.3 is 0 Å². The summed E-state index contributed by atoms with van der Waals surface area (Å²) in [5.41, 5.74) is 5.64. The highest BCUT2D eigenvalue weighted by Gasteiger charge is 2.39. The molecule has 1 fully saturated rings. The van der Waals surface area contributed by atoms with Crippen molar-refractivity contribution in [1.29, 1.82) is 0 Å². The highest BCUT2D eigenvalue weighted by atomic mass is 32.1. The third-order valence-corrected chi connectivity index (χ3v) is 9.17. The molecule has 0 amide bonds. The second kappa shape index (κ2) is 7.90. The summed E-state index contributed by atoms with van der Waals surface area (Å²) in [5.74, 6) is 0.655. The van der Waals surface area contributed by atoms with Gasteiger partial charge in [-0.25, -0.2) is 0 Å². The summed E-state index contributed by atoms with van der Waals surface area (Å²) in [5, 5.41) is 6.63. The van der Waals surface area contributed by atoms with Crippen LogP contribution in [0.25, 0.3) is 42.9 Å². The van der Waals surface area contributed by atoms with E-state index in [1.165, 1.54) is 67.6 Å². The smallest absolute Gasteiger partial charge is 0.0780 e. The Bertz CT molecular complexity index is 1560. The Morgan fingerprint density at radius 1 is 0.714 bits per heavy atom. The Balaban J connectivity index is 1.51. The van der Waals surface area contributed by atoms with Crippen molar-refractivity contribution >= 4 is 43.0 Å². The number of benzene rings is 3. The van der Waals surface area contributed by atoms with Gasteiger partial charge in [0, 0.05) is 32.1 Å². The Kier molecular flexibility index (Phi) is 5.13. The number of aryl methyl sites for hydroxylation is 2. The predicted molar refractivity (Wildman–Crippen MR) is 154 cm³/mol. The minimum Gasteiger partial charge on any atom is -0.256 e. The molecule has 35 heavy (non-hydrogen) atoms. The van der Waals surface area contributed by atoms with Crippen LogP contribution in [0, 0.1) is 24.7 Å². The van der Waals surface area contributed by atoms with Crippen molar-refractivity contribution in [3.63, 3.8) is 0 Å². The molecular weight excluding hydrogens is 442 g/mol. The van der Waals surface area contributed by atoms with Crippen LogP contribution in [0.15, 0.2) is 60.8 Å². The third-order valence-electron chi connectivity index (χ3n) is 7.91.